The second kappa shape index (κ2) is 5.13. The number of amides is 1. The summed E-state index contributed by atoms with van der Waals surface area (Å²) in [6.45, 7) is 0.841. The molecule has 0 saturated heterocycles. The van der Waals surface area contributed by atoms with Gasteiger partial charge in [-0.05, 0) is 0 Å². The fraction of sp³-hybridized carbons (Fsp3) is 0.625. The largest absolute Gasteiger partial charge is 0.416 e. The summed E-state index contributed by atoms with van der Waals surface area (Å²) in [4.78, 5) is 15.0. The van der Waals surface area contributed by atoms with E-state index in [1.165, 1.54) is 0 Å². The van der Waals surface area contributed by atoms with Crippen LogP contribution in [0.4, 0.5) is 13.2 Å². The maximum Gasteiger partial charge on any atom is 0.416 e. The predicted molar refractivity (Wildman–Crippen MR) is 50.2 cm³/mol. The molecule has 1 atom stereocenters. The summed E-state index contributed by atoms with van der Waals surface area (Å²) >= 11 is 0. The van der Waals surface area contributed by atoms with Crippen LogP contribution < -0.4 is 5.32 Å². The van der Waals surface area contributed by atoms with Gasteiger partial charge in [-0.25, -0.2) is 4.98 Å². The first-order valence-electron chi connectivity index (χ1n) is 4.78. The molecule has 0 aliphatic heterocycles. The van der Waals surface area contributed by atoms with Crippen molar-refractivity contribution in [2.75, 3.05) is 6.54 Å². The first-order chi connectivity index (χ1) is 7.84. The van der Waals surface area contributed by atoms with E-state index in [2.05, 4.69) is 15.2 Å². The minimum atomic E-state index is -4.76. The zero-order chi connectivity index (χ0) is 13.1. The lowest BCUT2D eigenvalue weighted by molar-refractivity contribution is -0.201. The van der Waals surface area contributed by atoms with Crippen LogP contribution in [0.3, 0.4) is 0 Å². The van der Waals surface area contributed by atoms with Gasteiger partial charge in [0.25, 0.3) is 5.91 Å². The summed E-state index contributed by atoms with van der Waals surface area (Å²) in [6.07, 6.45) is -6.84. The molecule has 0 aliphatic carbocycles. The fourth-order valence-corrected chi connectivity index (χ4v) is 0.939. The van der Waals surface area contributed by atoms with E-state index >= 15 is 0 Å². The lowest BCUT2D eigenvalue weighted by atomic mass is 10.3. The summed E-state index contributed by atoms with van der Waals surface area (Å²) in [5, 5.41) is 16.5. The summed E-state index contributed by atoms with van der Waals surface area (Å²) < 4.78 is 35.8. The molecular formula is C8H11F3N4O2. The van der Waals surface area contributed by atoms with E-state index in [4.69, 9.17) is 5.11 Å². The highest BCUT2D eigenvalue weighted by Gasteiger charge is 2.38. The van der Waals surface area contributed by atoms with Gasteiger partial charge in [-0.15, -0.1) is 5.10 Å². The Morgan fingerprint density at radius 2 is 2.24 bits per heavy atom. The van der Waals surface area contributed by atoms with Gasteiger partial charge in [0.05, 0.1) is 6.54 Å². The average molecular weight is 252 g/mol. The quantitative estimate of drug-likeness (QED) is 0.704. The minimum absolute atomic E-state index is 0.253. The van der Waals surface area contributed by atoms with Crippen molar-refractivity contribution in [3.05, 3.63) is 11.6 Å². The van der Waals surface area contributed by atoms with E-state index in [1.807, 2.05) is 5.32 Å². The second-order valence-corrected chi connectivity index (χ2v) is 3.23. The second-order valence-electron chi connectivity index (χ2n) is 3.23. The van der Waals surface area contributed by atoms with Crippen LogP contribution in [0, 0.1) is 0 Å². The van der Waals surface area contributed by atoms with Gasteiger partial charge in [0.1, 0.15) is 5.82 Å². The van der Waals surface area contributed by atoms with Crippen molar-refractivity contribution in [2.45, 2.75) is 25.6 Å². The molecule has 17 heavy (non-hydrogen) atoms. The smallest absolute Gasteiger partial charge is 0.382 e. The molecule has 3 N–H and O–H groups in total. The van der Waals surface area contributed by atoms with Crippen LogP contribution in [0.1, 0.15) is 23.4 Å². The van der Waals surface area contributed by atoms with Crippen LogP contribution in [0.2, 0.25) is 0 Å². The zero-order valence-electron chi connectivity index (χ0n) is 8.88. The Hall–Kier alpha value is -1.64. The van der Waals surface area contributed by atoms with E-state index < -0.39 is 24.7 Å². The molecule has 1 unspecified atom stereocenters. The molecule has 1 aromatic rings. The Bertz CT molecular complexity index is 390. The average Bonchev–Trinajstić information content (AvgIpc) is 2.72. The third-order valence-corrected chi connectivity index (χ3v) is 1.90. The number of aromatic nitrogens is 3. The molecule has 1 amide bonds. The number of hydrogen-bond acceptors (Lipinski definition) is 4. The molecule has 0 bridgehead atoms. The number of H-pyrrole nitrogens is 1. The van der Waals surface area contributed by atoms with Crippen molar-refractivity contribution < 1.29 is 23.1 Å². The number of nitrogens with zero attached hydrogens (tertiary/aromatic N) is 2. The molecule has 9 heteroatoms. The molecule has 96 valence electrons. The molecule has 1 rings (SSSR count). The highest BCUT2D eigenvalue weighted by atomic mass is 19.4. The predicted octanol–water partition coefficient (Wildman–Crippen LogP) is 0.0201. The molecule has 0 radical (unpaired) electrons. The number of alkyl halides is 3. The molecule has 0 aromatic carbocycles. The number of carbonyl (C=O) groups is 1. The van der Waals surface area contributed by atoms with Crippen molar-refractivity contribution in [3.8, 4) is 0 Å². The lowest BCUT2D eigenvalue weighted by Gasteiger charge is -2.14. The number of hydrogen-bond donors (Lipinski definition) is 3. The zero-order valence-corrected chi connectivity index (χ0v) is 8.88. The standard InChI is InChI=1S/C8H11F3N4O2/c1-2-5-13-6(15-14-5)7(17)12-3-4(16)8(9,10)11/h4,16H,2-3H2,1H3,(H,12,17)(H,13,14,15). The van der Waals surface area contributed by atoms with E-state index in [0.717, 1.165) is 0 Å². The maximum atomic E-state index is 11.9. The van der Waals surface area contributed by atoms with Gasteiger partial charge in [0.2, 0.25) is 5.82 Å². The van der Waals surface area contributed by atoms with Crippen molar-refractivity contribution in [2.24, 2.45) is 0 Å². The number of aliphatic hydroxyl groups is 1. The third kappa shape index (κ3) is 3.70. The van der Waals surface area contributed by atoms with Gasteiger partial charge in [-0.3, -0.25) is 9.89 Å². The van der Waals surface area contributed by atoms with Gasteiger partial charge in [-0.1, -0.05) is 6.92 Å². The van der Waals surface area contributed by atoms with Gasteiger partial charge in [0.15, 0.2) is 6.10 Å². The summed E-state index contributed by atoms with van der Waals surface area (Å²) in [6, 6.07) is 0. The summed E-state index contributed by atoms with van der Waals surface area (Å²) in [7, 11) is 0. The molecule has 1 heterocycles. The molecule has 0 spiro atoms. The highest BCUT2D eigenvalue weighted by molar-refractivity contribution is 5.90. The Morgan fingerprint density at radius 1 is 1.59 bits per heavy atom. The van der Waals surface area contributed by atoms with Gasteiger partial charge in [-0.2, -0.15) is 13.2 Å². The third-order valence-electron chi connectivity index (χ3n) is 1.90. The Kier molecular flexibility index (Phi) is 4.05. The number of aliphatic hydroxyl groups excluding tert-OH is 1. The van der Waals surface area contributed by atoms with Crippen molar-refractivity contribution in [3.63, 3.8) is 0 Å². The van der Waals surface area contributed by atoms with Crippen molar-refractivity contribution in [1.29, 1.82) is 0 Å². The molecule has 6 nitrogen and oxygen atoms in total. The number of aromatic amines is 1. The molecule has 0 aliphatic rings. The molecule has 1 aromatic heterocycles. The molecule has 0 fully saturated rings. The Labute approximate surface area is 94.2 Å². The van der Waals surface area contributed by atoms with E-state index in [0.29, 0.717) is 12.2 Å². The van der Waals surface area contributed by atoms with Crippen LogP contribution >= 0.6 is 0 Å². The first-order valence-corrected chi connectivity index (χ1v) is 4.78. The van der Waals surface area contributed by atoms with Crippen LogP contribution in [0.25, 0.3) is 0 Å². The summed E-state index contributed by atoms with van der Waals surface area (Å²) in [5.41, 5.74) is 0. The van der Waals surface area contributed by atoms with Gasteiger partial charge >= 0.3 is 6.18 Å². The topological polar surface area (TPSA) is 90.9 Å². The SMILES string of the molecule is CCc1nc(C(=O)NCC(O)C(F)(F)F)n[nH]1. The fourth-order valence-electron chi connectivity index (χ4n) is 0.939. The number of rotatable bonds is 4. The lowest BCUT2D eigenvalue weighted by Crippen LogP contribution is -2.41. The van der Waals surface area contributed by atoms with Crippen LogP contribution in [0.5, 0.6) is 0 Å². The summed E-state index contributed by atoms with van der Waals surface area (Å²) in [5.74, 6) is -0.674. The van der Waals surface area contributed by atoms with Gasteiger partial charge < -0.3 is 10.4 Å². The number of nitrogens with one attached hydrogen (secondary N) is 2. The Balaban J connectivity index is 2.50. The van der Waals surface area contributed by atoms with Crippen LogP contribution in [-0.4, -0.2) is 45.0 Å². The monoisotopic (exact) mass is 252 g/mol. The van der Waals surface area contributed by atoms with Gasteiger partial charge in [0, 0.05) is 6.42 Å². The van der Waals surface area contributed by atoms with E-state index in [1.54, 1.807) is 6.92 Å². The minimum Gasteiger partial charge on any atom is -0.382 e. The number of halogens is 3. The molecule has 0 saturated carbocycles. The Morgan fingerprint density at radius 3 is 2.71 bits per heavy atom. The first kappa shape index (κ1) is 13.4. The highest BCUT2D eigenvalue weighted by Crippen LogP contribution is 2.19. The number of aryl methyl sites for hydroxylation is 1. The number of carbonyl (C=O) groups excluding carboxylic acids is 1. The normalized spacial score (nSPS) is 13.5. The van der Waals surface area contributed by atoms with Crippen molar-refractivity contribution in [1.82, 2.24) is 20.5 Å². The van der Waals surface area contributed by atoms with Crippen LogP contribution in [0.15, 0.2) is 0 Å². The van der Waals surface area contributed by atoms with Crippen LogP contribution in [-0.2, 0) is 6.42 Å². The van der Waals surface area contributed by atoms with E-state index in [-0.39, 0.29) is 5.82 Å². The molecular weight excluding hydrogens is 241 g/mol. The maximum absolute atomic E-state index is 11.9. The van der Waals surface area contributed by atoms with E-state index in [9.17, 15) is 18.0 Å². The van der Waals surface area contributed by atoms with Crippen molar-refractivity contribution >= 4 is 5.91 Å².